The number of piperazine rings is 1. The van der Waals surface area contributed by atoms with Crippen molar-refractivity contribution in [3.63, 3.8) is 0 Å². The molecular formula is C38H40F5N7O5. The molecule has 5 aliphatic heterocycles. The van der Waals surface area contributed by atoms with Gasteiger partial charge in [0.25, 0.3) is 0 Å². The Morgan fingerprint density at radius 2 is 1.96 bits per heavy atom. The van der Waals surface area contributed by atoms with Crippen LogP contribution < -0.4 is 19.7 Å². The summed E-state index contributed by atoms with van der Waals surface area (Å²) in [6, 6.07) is 5.50. The van der Waals surface area contributed by atoms with E-state index in [4.69, 9.17) is 24.2 Å². The number of rotatable bonds is 7. The summed E-state index contributed by atoms with van der Waals surface area (Å²) in [7, 11) is 0.627. The Labute approximate surface area is 312 Å². The Bertz CT molecular complexity index is 2210. The van der Waals surface area contributed by atoms with E-state index in [1.165, 1.54) is 24.3 Å². The minimum atomic E-state index is -4.85. The summed E-state index contributed by atoms with van der Waals surface area (Å²) >= 11 is 0. The van der Waals surface area contributed by atoms with Crippen molar-refractivity contribution in [1.29, 1.82) is 0 Å². The molecule has 0 radical (unpaired) electrons. The zero-order valence-electron chi connectivity index (χ0n) is 30.3. The van der Waals surface area contributed by atoms with Crippen molar-refractivity contribution in [3.05, 3.63) is 41.5 Å². The average molecular weight is 770 g/mol. The SMILES string of the molecule is CCc1c(F)ccc2cc(O)cc(-c3nc4c5c(nc(OC[C@@]67CCCN6[C@H](COC(=O)N(C)C(F)(F)F)CC7)nc5c3F)N3C[C@H]5CC[C@H](N5)[C@H]3CO4)c12. The first kappa shape index (κ1) is 35.9. The number of carbonyl (C=O) groups excluding carboxylic acids is 1. The molecule has 2 aromatic heterocycles. The van der Waals surface area contributed by atoms with Crippen LogP contribution in [0.25, 0.3) is 32.9 Å². The number of anilines is 1. The van der Waals surface area contributed by atoms with Crippen LogP contribution in [0, 0.1) is 11.6 Å². The number of aromatic nitrogens is 3. The molecule has 292 valence electrons. The van der Waals surface area contributed by atoms with E-state index in [0.29, 0.717) is 61.6 Å². The number of phenols is 1. The third kappa shape index (κ3) is 5.92. The van der Waals surface area contributed by atoms with Gasteiger partial charge in [-0.25, -0.2) is 23.5 Å². The third-order valence-corrected chi connectivity index (χ3v) is 12.3. The summed E-state index contributed by atoms with van der Waals surface area (Å²) in [4.78, 5) is 30.2. The number of fused-ring (bicyclic) bond motifs is 7. The van der Waals surface area contributed by atoms with Crippen molar-refractivity contribution in [1.82, 2.24) is 30.1 Å². The minimum absolute atomic E-state index is 0.0695. The van der Waals surface area contributed by atoms with E-state index in [9.17, 15) is 23.1 Å². The Kier molecular flexibility index (Phi) is 8.60. The molecule has 4 fully saturated rings. The number of halogens is 5. The molecule has 12 nitrogen and oxygen atoms in total. The maximum atomic E-state index is 17.3. The molecule has 5 aliphatic rings. The number of ether oxygens (including phenoxy) is 3. The number of phenolic OH excluding ortho intramolecular Hbond substituents is 1. The van der Waals surface area contributed by atoms with Crippen LogP contribution in [0.5, 0.6) is 17.6 Å². The monoisotopic (exact) mass is 769 g/mol. The molecule has 0 spiro atoms. The Hall–Kier alpha value is -4.77. The molecule has 1 amide bonds. The number of aromatic hydroxyl groups is 1. The summed E-state index contributed by atoms with van der Waals surface area (Å²) in [6.45, 7) is 3.17. The third-order valence-electron chi connectivity index (χ3n) is 12.3. The van der Waals surface area contributed by atoms with Crippen LogP contribution >= 0.6 is 0 Å². The van der Waals surface area contributed by atoms with Gasteiger partial charge in [-0.05, 0) is 86.0 Å². The molecule has 0 unspecified atom stereocenters. The van der Waals surface area contributed by atoms with Gasteiger partial charge < -0.3 is 29.5 Å². The fraction of sp³-hybridized carbons (Fsp3) is 0.526. The second-order valence-electron chi connectivity index (χ2n) is 15.3. The van der Waals surface area contributed by atoms with E-state index in [-0.39, 0.29) is 88.7 Å². The van der Waals surface area contributed by atoms with Gasteiger partial charge in [-0.3, -0.25) is 4.90 Å². The number of aryl methyl sites for hydroxylation is 1. The molecule has 9 rings (SSSR count). The standard InChI is InChI=1S/C38H40F5N7O5/c1-3-23-25(39)7-5-19-13-22(51)14-24(28(19)23)31-30(40)32-29-33(49-15-20-6-8-26(44-20)27(49)17-53-34(29)45-31)47-35(46-32)55-18-37-10-4-12-50(37)21(9-11-37)16-54-36(52)48(2)38(41,42)43/h5,7,13-14,20-21,26-27,44,51H,3-4,6,8-12,15-18H2,1-2H3/t20-,21+,26+,27-,37+/m1/s1. The molecule has 2 bridgehead atoms. The molecular weight excluding hydrogens is 729 g/mol. The number of hydrogen-bond donors (Lipinski definition) is 2. The smallest absolute Gasteiger partial charge is 0.489 e. The lowest BCUT2D eigenvalue weighted by molar-refractivity contribution is -0.222. The van der Waals surface area contributed by atoms with Crippen molar-refractivity contribution in [3.8, 4) is 28.9 Å². The van der Waals surface area contributed by atoms with Gasteiger partial charge in [-0.2, -0.15) is 9.97 Å². The topological polar surface area (TPSA) is 125 Å². The lowest BCUT2D eigenvalue weighted by Gasteiger charge is -2.40. The number of hydrogen-bond acceptors (Lipinski definition) is 11. The van der Waals surface area contributed by atoms with Crippen LogP contribution in [0.2, 0.25) is 0 Å². The molecule has 4 saturated heterocycles. The zero-order valence-corrected chi connectivity index (χ0v) is 30.3. The lowest BCUT2D eigenvalue weighted by Crippen LogP contribution is -2.60. The number of nitrogens with zero attached hydrogens (tertiary/aromatic N) is 6. The molecule has 17 heteroatoms. The maximum absolute atomic E-state index is 17.3. The van der Waals surface area contributed by atoms with Gasteiger partial charge in [0.05, 0.1) is 11.6 Å². The van der Waals surface area contributed by atoms with Gasteiger partial charge in [-0.1, -0.05) is 13.0 Å². The molecule has 2 aromatic carbocycles. The predicted molar refractivity (Wildman–Crippen MR) is 190 cm³/mol. The molecule has 2 N–H and O–H groups in total. The highest BCUT2D eigenvalue weighted by Gasteiger charge is 2.51. The van der Waals surface area contributed by atoms with Crippen LogP contribution in [0.3, 0.4) is 0 Å². The Balaban J connectivity index is 1.10. The van der Waals surface area contributed by atoms with Crippen LogP contribution in [0.1, 0.15) is 51.0 Å². The van der Waals surface area contributed by atoms with E-state index >= 15 is 8.78 Å². The normalized spacial score (nSPS) is 25.8. The first-order chi connectivity index (χ1) is 26.3. The predicted octanol–water partition coefficient (Wildman–Crippen LogP) is 6.06. The maximum Gasteiger partial charge on any atom is 0.489 e. The van der Waals surface area contributed by atoms with Crippen LogP contribution in [0.4, 0.5) is 32.6 Å². The fourth-order valence-corrected chi connectivity index (χ4v) is 9.55. The fourth-order valence-electron chi connectivity index (χ4n) is 9.55. The quantitative estimate of drug-likeness (QED) is 0.169. The summed E-state index contributed by atoms with van der Waals surface area (Å²) in [5.74, 6) is -0.862. The minimum Gasteiger partial charge on any atom is -0.508 e. The highest BCUT2D eigenvalue weighted by molar-refractivity contribution is 6.03. The summed E-state index contributed by atoms with van der Waals surface area (Å²) in [5, 5.41) is 15.6. The van der Waals surface area contributed by atoms with Crippen LogP contribution in [-0.4, -0.2) is 112 Å². The number of alkyl halides is 3. The highest BCUT2D eigenvalue weighted by atomic mass is 19.4. The van der Waals surface area contributed by atoms with Gasteiger partial charge >= 0.3 is 18.4 Å². The van der Waals surface area contributed by atoms with Crippen molar-refractivity contribution >= 4 is 33.6 Å². The first-order valence-electron chi connectivity index (χ1n) is 18.7. The van der Waals surface area contributed by atoms with Crippen molar-refractivity contribution < 1.29 is 46.1 Å². The summed E-state index contributed by atoms with van der Waals surface area (Å²) in [6.07, 6.45) is -1.38. The lowest BCUT2D eigenvalue weighted by atomic mass is 9.94. The second-order valence-corrected chi connectivity index (χ2v) is 15.3. The van der Waals surface area contributed by atoms with Gasteiger partial charge in [0.15, 0.2) is 5.82 Å². The van der Waals surface area contributed by atoms with Crippen LogP contribution in [0.15, 0.2) is 24.3 Å². The van der Waals surface area contributed by atoms with Crippen LogP contribution in [-0.2, 0) is 11.2 Å². The van der Waals surface area contributed by atoms with Crippen molar-refractivity contribution in [2.24, 2.45) is 0 Å². The second kappa shape index (κ2) is 13.2. The number of carbonyl (C=O) groups is 1. The molecule has 0 saturated carbocycles. The van der Waals surface area contributed by atoms with Crippen molar-refractivity contribution in [2.45, 2.75) is 87.9 Å². The van der Waals surface area contributed by atoms with E-state index < -0.39 is 29.6 Å². The first-order valence-corrected chi connectivity index (χ1v) is 18.7. The van der Waals surface area contributed by atoms with Crippen molar-refractivity contribution in [2.75, 3.05) is 44.9 Å². The van der Waals surface area contributed by atoms with Gasteiger partial charge in [0, 0.05) is 37.3 Å². The number of nitrogens with one attached hydrogen (secondary N) is 1. The summed E-state index contributed by atoms with van der Waals surface area (Å²) in [5.41, 5.74) is -0.236. The van der Waals surface area contributed by atoms with E-state index in [1.807, 2.05) is 0 Å². The summed E-state index contributed by atoms with van der Waals surface area (Å²) < 4.78 is 89.5. The molecule has 4 aromatic rings. The number of benzene rings is 2. The largest absolute Gasteiger partial charge is 0.508 e. The number of pyridine rings is 1. The van der Waals surface area contributed by atoms with Gasteiger partial charge in [-0.15, -0.1) is 13.2 Å². The molecule has 5 atom stereocenters. The van der Waals surface area contributed by atoms with E-state index in [2.05, 4.69) is 20.1 Å². The van der Waals surface area contributed by atoms with E-state index in [1.54, 1.807) is 6.92 Å². The highest BCUT2D eigenvalue weighted by Crippen LogP contribution is 2.46. The average Bonchev–Trinajstić information content (AvgIpc) is 3.83. The van der Waals surface area contributed by atoms with Gasteiger partial charge in [0.2, 0.25) is 5.88 Å². The Morgan fingerprint density at radius 1 is 1.13 bits per heavy atom. The van der Waals surface area contributed by atoms with E-state index in [0.717, 1.165) is 25.7 Å². The van der Waals surface area contributed by atoms with Gasteiger partial charge in [0.1, 0.15) is 53.8 Å². The number of amides is 1. The molecule has 0 aliphatic carbocycles. The molecule has 7 heterocycles. The zero-order chi connectivity index (χ0) is 38.4. The Morgan fingerprint density at radius 3 is 2.76 bits per heavy atom. The molecule has 55 heavy (non-hydrogen) atoms.